The summed E-state index contributed by atoms with van der Waals surface area (Å²) in [6, 6.07) is 0.630. The monoisotopic (exact) mass is 374 g/mol. The largest absolute Gasteiger partial charge is 0.355 e. The summed E-state index contributed by atoms with van der Waals surface area (Å²) in [7, 11) is 2.06. The first kappa shape index (κ1) is 17.1. The normalized spacial score (nSPS) is 15.6. The van der Waals surface area contributed by atoms with E-state index in [1.807, 2.05) is 24.7 Å². The van der Waals surface area contributed by atoms with E-state index in [9.17, 15) is 0 Å². The number of aromatic nitrogens is 6. The van der Waals surface area contributed by atoms with Crippen LogP contribution in [0.3, 0.4) is 0 Å². The molecule has 0 aliphatic heterocycles. The van der Waals surface area contributed by atoms with E-state index in [0.29, 0.717) is 28.5 Å². The molecule has 1 fully saturated rings. The van der Waals surface area contributed by atoms with Gasteiger partial charge in [-0.3, -0.25) is 4.68 Å². The molecule has 9 heteroatoms. The van der Waals surface area contributed by atoms with Crippen LogP contribution in [-0.2, 0) is 0 Å². The van der Waals surface area contributed by atoms with Crippen molar-refractivity contribution in [2.24, 2.45) is 5.92 Å². The average molecular weight is 375 g/mol. The van der Waals surface area contributed by atoms with Crippen LogP contribution in [0.1, 0.15) is 39.7 Å². The van der Waals surface area contributed by atoms with Crippen molar-refractivity contribution in [2.45, 2.75) is 45.7 Å². The van der Waals surface area contributed by atoms with Crippen LogP contribution in [0.4, 0.5) is 17.5 Å². The van der Waals surface area contributed by atoms with Gasteiger partial charge in [-0.15, -0.1) is 0 Å². The Morgan fingerprint density at radius 3 is 2.73 bits per heavy atom. The zero-order valence-corrected chi connectivity index (χ0v) is 16.1. The first-order valence-corrected chi connectivity index (χ1v) is 9.27. The molecular formula is C17H23ClN8. The van der Waals surface area contributed by atoms with Crippen LogP contribution < -0.4 is 10.2 Å². The van der Waals surface area contributed by atoms with Gasteiger partial charge in [-0.2, -0.15) is 15.1 Å². The van der Waals surface area contributed by atoms with Crippen LogP contribution >= 0.6 is 11.6 Å². The van der Waals surface area contributed by atoms with Crippen LogP contribution in [-0.4, -0.2) is 42.8 Å². The second-order valence-electron chi connectivity index (χ2n) is 7.19. The fraction of sp³-hybridized carbons (Fsp3) is 0.529. The van der Waals surface area contributed by atoms with Gasteiger partial charge in [-0.25, -0.2) is 4.98 Å². The van der Waals surface area contributed by atoms with Gasteiger partial charge in [-0.1, -0.05) is 11.6 Å². The molecule has 3 aromatic rings. The number of H-pyrrole nitrogens is 1. The lowest BCUT2D eigenvalue weighted by Crippen LogP contribution is -2.31. The van der Waals surface area contributed by atoms with Gasteiger partial charge in [0.2, 0.25) is 5.95 Å². The van der Waals surface area contributed by atoms with Crippen LogP contribution in [0.5, 0.6) is 0 Å². The van der Waals surface area contributed by atoms with Gasteiger partial charge in [0.05, 0.1) is 18.2 Å². The lowest BCUT2D eigenvalue weighted by atomic mass is 10.2. The lowest BCUT2D eigenvalue weighted by molar-refractivity contribution is 0.533. The molecular weight excluding hydrogens is 352 g/mol. The summed E-state index contributed by atoms with van der Waals surface area (Å²) in [4.78, 5) is 18.9. The van der Waals surface area contributed by atoms with Crippen molar-refractivity contribution in [2.75, 3.05) is 17.3 Å². The van der Waals surface area contributed by atoms with Crippen molar-refractivity contribution in [1.29, 1.82) is 0 Å². The molecule has 0 bridgehead atoms. The number of hydrogen-bond acceptors (Lipinski definition) is 6. The molecule has 2 N–H and O–H groups in total. The highest BCUT2D eigenvalue weighted by Crippen LogP contribution is 2.37. The maximum absolute atomic E-state index is 6.26. The van der Waals surface area contributed by atoms with E-state index in [4.69, 9.17) is 16.6 Å². The molecule has 4 rings (SSSR count). The summed E-state index contributed by atoms with van der Waals surface area (Å²) in [6.07, 6.45) is 6.06. The Labute approximate surface area is 157 Å². The Bertz CT molecular complexity index is 926. The zero-order chi connectivity index (χ0) is 18.4. The molecule has 0 saturated heterocycles. The summed E-state index contributed by atoms with van der Waals surface area (Å²) in [5.74, 6) is 2.00. The fourth-order valence-electron chi connectivity index (χ4n) is 3.05. The van der Waals surface area contributed by atoms with Crippen molar-refractivity contribution < 1.29 is 0 Å². The SMILES string of the molecule is CC(C)n1cc(Nc2nc(N(C)[C@@H](C)C3CC3)c3nc[nH]c3n2)c(Cl)n1. The minimum Gasteiger partial charge on any atom is -0.355 e. The predicted octanol–water partition coefficient (Wildman–Crippen LogP) is 3.76. The van der Waals surface area contributed by atoms with Crippen molar-refractivity contribution in [3.63, 3.8) is 0 Å². The molecule has 3 heterocycles. The van der Waals surface area contributed by atoms with Gasteiger partial charge < -0.3 is 15.2 Å². The van der Waals surface area contributed by atoms with Crippen LogP contribution in [0.15, 0.2) is 12.5 Å². The number of imidazole rings is 1. The number of nitrogens with zero attached hydrogens (tertiary/aromatic N) is 6. The quantitative estimate of drug-likeness (QED) is 0.683. The smallest absolute Gasteiger partial charge is 0.231 e. The Kier molecular flexibility index (Phi) is 4.22. The van der Waals surface area contributed by atoms with Gasteiger partial charge in [0, 0.05) is 19.1 Å². The number of anilines is 3. The molecule has 0 radical (unpaired) electrons. The Morgan fingerprint density at radius 1 is 1.31 bits per heavy atom. The molecule has 8 nitrogen and oxygen atoms in total. The summed E-state index contributed by atoms with van der Waals surface area (Å²) in [5.41, 5.74) is 2.15. The molecule has 0 aromatic carbocycles. The van der Waals surface area contributed by atoms with E-state index in [1.54, 1.807) is 6.33 Å². The first-order valence-electron chi connectivity index (χ1n) is 8.89. The molecule has 1 saturated carbocycles. The standard InChI is InChI=1S/C17H23ClN8/c1-9(2)26-7-12(14(18)24-26)21-17-22-15-13(19-8-20-15)16(23-17)25(4)10(3)11-5-6-11/h7-11H,5-6H2,1-4H3,(H2,19,20,21,22,23)/t10-/m0/s1. The third kappa shape index (κ3) is 3.09. The highest BCUT2D eigenvalue weighted by molar-refractivity contribution is 6.32. The molecule has 138 valence electrons. The van der Waals surface area contributed by atoms with E-state index in [-0.39, 0.29) is 6.04 Å². The van der Waals surface area contributed by atoms with Gasteiger partial charge in [-0.05, 0) is 39.5 Å². The number of fused-ring (bicyclic) bond motifs is 1. The van der Waals surface area contributed by atoms with Crippen LogP contribution in [0.25, 0.3) is 11.2 Å². The number of hydrogen-bond donors (Lipinski definition) is 2. The van der Waals surface area contributed by atoms with Crippen molar-refractivity contribution in [3.8, 4) is 0 Å². The Morgan fingerprint density at radius 2 is 2.08 bits per heavy atom. The minimum absolute atomic E-state index is 0.222. The third-order valence-corrected chi connectivity index (χ3v) is 5.25. The van der Waals surface area contributed by atoms with E-state index in [1.165, 1.54) is 12.8 Å². The second-order valence-corrected chi connectivity index (χ2v) is 7.55. The van der Waals surface area contributed by atoms with E-state index in [0.717, 1.165) is 17.3 Å². The number of nitrogens with one attached hydrogen (secondary N) is 2. The second kappa shape index (κ2) is 6.42. The lowest BCUT2D eigenvalue weighted by Gasteiger charge is -2.26. The molecule has 26 heavy (non-hydrogen) atoms. The Balaban J connectivity index is 1.69. The maximum Gasteiger partial charge on any atom is 0.231 e. The zero-order valence-electron chi connectivity index (χ0n) is 15.4. The molecule has 1 atom stereocenters. The van der Waals surface area contributed by atoms with E-state index in [2.05, 4.69) is 44.2 Å². The van der Waals surface area contributed by atoms with Crippen molar-refractivity contribution in [1.82, 2.24) is 29.7 Å². The van der Waals surface area contributed by atoms with Crippen molar-refractivity contribution >= 4 is 40.2 Å². The van der Waals surface area contributed by atoms with Crippen molar-refractivity contribution in [3.05, 3.63) is 17.7 Å². The number of halogens is 1. The summed E-state index contributed by atoms with van der Waals surface area (Å²) in [6.45, 7) is 6.33. The summed E-state index contributed by atoms with van der Waals surface area (Å²) >= 11 is 6.26. The van der Waals surface area contributed by atoms with Crippen LogP contribution in [0, 0.1) is 5.92 Å². The van der Waals surface area contributed by atoms with E-state index < -0.39 is 0 Å². The fourth-order valence-corrected chi connectivity index (χ4v) is 3.23. The topological polar surface area (TPSA) is 87.5 Å². The number of aromatic amines is 1. The maximum atomic E-state index is 6.26. The molecule has 3 aromatic heterocycles. The molecule has 0 spiro atoms. The van der Waals surface area contributed by atoms with Gasteiger partial charge in [0.25, 0.3) is 0 Å². The first-order chi connectivity index (χ1) is 12.4. The highest BCUT2D eigenvalue weighted by atomic mass is 35.5. The molecule has 1 aliphatic rings. The summed E-state index contributed by atoms with van der Waals surface area (Å²) in [5, 5.41) is 7.90. The molecule has 1 aliphatic carbocycles. The minimum atomic E-state index is 0.222. The predicted molar refractivity (Wildman–Crippen MR) is 103 cm³/mol. The van der Waals surface area contributed by atoms with Gasteiger partial charge in [0.1, 0.15) is 0 Å². The average Bonchev–Trinajstić information content (AvgIpc) is 3.24. The molecule has 0 unspecified atom stereocenters. The number of rotatable bonds is 6. The van der Waals surface area contributed by atoms with Gasteiger partial charge >= 0.3 is 0 Å². The van der Waals surface area contributed by atoms with E-state index >= 15 is 0 Å². The van der Waals surface area contributed by atoms with Gasteiger partial charge in [0.15, 0.2) is 22.1 Å². The molecule has 0 amide bonds. The highest BCUT2D eigenvalue weighted by Gasteiger charge is 2.32. The Hall–Kier alpha value is -2.35. The van der Waals surface area contributed by atoms with Crippen LogP contribution in [0.2, 0.25) is 5.15 Å². The summed E-state index contributed by atoms with van der Waals surface area (Å²) < 4.78 is 1.81. The third-order valence-electron chi connectivity index (χ3n) is 4.97.